The predicted octanol–water partition coefficient (Wildman–Crippen LogP) is 2.85. The quantitative estimate of drug-likeness (QED) is 0.613. The van der Waals surface area contributed by atoms with Gasteiger partial charge in [-0.1, -0.05) is 40.8 Å². The molecule has 2 rings (SSSR count). The lowest BCUT2D eigenvalue weighted by molar-refractivity contribution is 0.695. The lowest BCUT2D eigenvalue weighted by atomic mass is 9.99. The second kappa shape index (κ2) is 3.64. The molecule has 1 aromatic rings. The Hall–Kier alpha value is -0.250. The molecule has 1 aliphatic rings. The van der Waals surface area contributed by atoms with Crippen LogP contribution in [0.4, 0.5) is 5.69 Å². The zero-order valence-corrected chi connectivity index (χ0v) is 9.04. The van der Waals surface area contributed by atoms with Gasteiger partial charge in [-0.3, -0.25) is 0 Å². The van der Waals surface area contributed by atoms with Crippen LogP contribution in [0.15, 0.2) is 24.3 Å². The number of para-hydroxylation sites is 1. The van der Waals surface area contributed by atoms with Crippen LogP contribution >= 0.6 is 22.6 Å². The number of hydrogen-bond acceptors (Lipinski definition) is 1. The molecule has 64 valence electrons. The topological polar surface area (TPSA) is 12.0 Å². The molecule has 0 aliphatic carbocycles. The SMILES string of the molecule is IC[C@H]1CCc2ccccc2N1. The fourth-order valence-corrected chi connectivity index (χ4v) is 2.28. The molecular formula is C10H12IN. The number of nitrogens with one attached hydrogen (secondary N) is 1. The molecule has 1 nitrogen and oxygen atoms in total. The normalized spacial score (nSPS) is 21.2. The third-order valence-corrected chi connectivity index (χ3v) is 3.39. The van der Waals surface area contributed by atoms with Crippen molar-refractivity contribution in [1.82, 2.24) is 0 Å². The number of benzene rings is 1. The number of anilines is 1. The van der Waals surface area contributed by atoms with Gasteiger partial charge in [-0.15, -0.1) is 0 Å². The van der Waals surface area contributed by atoms with E-state index < -0.39 is 0 Å². The van der Waals surface area contributed by atoms with Crippen LogP contribution in [0.5, 0.6) is 0 Å². The van der Waals surface area contributed by atoms with Gasteiger partial charge in [-0.25, -0.2) is 0 Å². The Morgan fingerprint density at radius 3 is 3.08 bits per heavy atom. The molecule has 1 heterocycles. The van der Waals surface area contributed by atoms with Crippen molar-refractivity contribution in [2.45, 2.75) is 18.9 Å². The molecule has 12 heavy (non-hydrogen) atoms. The van der Waals surface area contributed by atoms with Gasteiger partial charge < -0.3 is 5.32 Å². The lowest BCUT2D eigenvalue weighted by Gasteiger charge is -2.25. The molecule has 0 aromatic heterocycles. The van der Waals surface area contributed by atoms with Crippen molar-refractivity contribution in [2.24, 2.45) is 0 Å². The maximum atomic E-state index is 3.54. The van der Waals surface area contributed by atoms with Gasteiger partial charge in [0, 0.05) is 16.2 Å². The van der Waals surface area contributed by atoms with Crippen LogP contribution in [0.25, 0.3) is 0 Å². The van der Waals surface area contributed by atoms with Crippen LogP contribution in [0.3, 0.4) is 0 Å². The van der Waals surface area contributed by atoms with Gasteiger partial charge in [0.05, 0.1) is 0 Å². The zero-order chi connectivity index (χ0) is 8.39. The maximum absolute atomic E-state index is 3.54. The van der Waals surface area contributed by atoms with E-state index in [1.165, 1.54) is 28.5 Å². The molecule has 0 fully saturated rings. The maximum Gasteiger partial charge on any atom is 0.0375 e. The van der Waals surface area contributed by atoms with Crippen LogP contribution in [0, 0.1) is 0 Å². The lowest BCUT2D eigenvalue weighted by Crippen LogP contribution is -2.26. The molecule has 1 aliphatic heterocycles. The fourth-order valence-electron chi connectivity index (χ4n) is 1.62. The summed E-state index contributed by atoms with van der Waals surface area (Å²) < 4.78 is 1.20. The summed E-state index contributed by atoms with van der Waals surface area (Å²) in [6.07, 6.45) is 2.51. The molecular weight excluding hydrogens is 261 g/mol. The Morgan fingerprint density at radius 1 is 1.42 bits per heavy atom. The molecule has 0 spiro atoms. The van der Waals surface area contributed by atoms with E-state index in [9.17, 15) is 0 Å². The Labute approximate surface area is 86.7 Å². The molecule has 1 aromatic carbocycles. The number of alkyl halides is 1. The summed E-state index contributed by atoms with van der Waals surface area (Å²) in [5.41, 5.74) is 2.81. The first-order valence-corrected chi connectivity index (χ1v) is 5.83. The van der Waals surface area contributed by atoms with E-state index in [0.29, 0.717) is 6.04 Å². The Bertz CT molecular complexity index is 272. The van der Waals surface area contributed by atoms with Gasteiger partial charge in [0.1, 0.15) is 0 Å². The van der Waals surface area contributed by atoms with Gasteiger partial charge in [-0.2, -0.15) is 0 Å². The van der Waals surface area contributed by atoms with Crippen molar-refractivity contribution in [1.29, 1.82) is 0 Å². The van der Waals surface area contributed by atoms with Gasteiger partial charge in [-0.05, 0) is 24.5 Å². The summed E-state index contributed by atoms with van der Waals surface area (Å²) in [6, 6.07) is 9.28. The second-order valence-corrected chi connectivity index (χ2v) is 4.07. The summed E-state index contributed by atoms with van der Waals surface area (Å²) in [4.78, 5) is 0. The molecule has 0 saturated carbocycles. The number of hydrogen-bond donors (Lipinski definition) is 1. The van der Waals surface area contributed by atoms with Crippen molar-refractivity contribution < 1.29 is 0 Å². The van der Waals surface area contributed by atoms with Crippen molar-refractivity contribution in [3.05, 3.63) is 29.8 Å². The van der Waals surface area contributed by atoms with Gasteiger partial charge in [0.25, 0.3) is 0 Å². The number of fused-ring (bicyclic) bond motifs is 1. The zero-order valence-electron chi connectivity index (χ0n) is 6.89. The van der Waals surface area contributed by atoms with Gasteiger partial charge >= 0.3 is 0 Å². The summed E-state index contributed by atoms with van der Waals surface area (Å²) in [6.45, 7) is 0. The van der Waals surface area contributed by atoms with Crippen molar-refractivity contribution in [2.75, 3.05) is 9.74 Å². The van der Waals surface area contributed by atoms with Crippen LogP contribution in [-0.2, 0) is 6.42 Å². The summed E-state index contributed by atoms with van der Waals surface area (Å²) in [7, 11) is 0. The van der Waals surface area contributed by atoms with Crippen LogP contribution in [0.2, 0.25) is 0 Å². The molecule has 0 unspecified atom stereocenters. The minimum Gasteiger partial charge on any atom is -0.381 e. The Morgan fingerprint density at radius 2 is 2.25 bits per heavy atom. The Kier molecular flexibility index (Phi) is 2.54. The predicted molar refractivity (Wildman–Crippen MR) is 61.1 cm³/mol. The first-order valence-electron chi connectivity index (χ1n) is 4.30. The molecule has 2 heteroatoms. The number of halogens is 1. The fraction of sp³-hybridized carbons (Fsp3) is 0.400. The molecule has 0 saturated heterocycles. The third kappa shape index (κ3) is 1.58. The van der Waals surface area contributed by atoms with E-state index in [1.54, 1.807) is 0 Å². The number of rotatable bonds is 1. The first kappa shape index (κ1) is 8.35. The minimum atomic E-state index is 0.681. The van der Waals surface area contributed by atoms with Gasteiger partial charge in [0.2, 0.25) is 0 Å². The average molecular weight is 273 g/mol. The molecule has 1 atom stereocenters. The smallest absolute Gasteiger partial charge is 0.0375 e. The van der Waals surface area contributed by atoms with E-state index in [0.717, 1.165) is 0 Å². The standard InChI is InChI=1S/C10H12IN/c11-7-9-6-5-8-3-1-2-4-10(8)12-9/h1-4,9,12H,5-7H2/t9-/m1/s1. The Balaban J connectivity index is 2.23. The van der Waals surface area contributed by atoms with E-state index in [4.69, 9.17) is 0 Å². The first-order chi connectivity index (χ1) is 5.90. The van der Waals surface area contributed by atoms with Gasteiger partial charge in [0.15, 0.2) is 0 Å². The molecule has 1 N–H and O–H groups in total. The average Bonchev–Trinajstić information content (AvgIpc) is 2.17. The highest BCUT2D eigenvalue weighted by molar-refractivity contribution is 14.1. The highest BCUT2D eigenvalue weighted by Crippen LogP contribution is 2.24. The molecule has 0 radical (unpaired) electrons. The van der Waals surface area contributed by atoms with Crippen LogP contribution < -0.4 is 5.32 Å². The minimum absolute atomic E-state index is 0.681. The summed E-state index contributed by atoms with van der Waals surface area (Å²) in [5.74, 6) is 0. The van der Waals surface area contributed by atoms with Crippen molar-refractivity contribution in [3.63, 3.8) is 0 Å². The largest absolute Gasteiger partial charge is 0.381 e. The van der Waals surface area contributed by atoms with E-state index in [-0.39, 0.29) is 0 Å². The van der Waals surface area contributed by atoms with E-state index in [2.05, 4.69) is 52.2 Å². The molecule has 0 amide bonds. The summed E-state index contributed by atoms with van der Waals surface area (Å²) >= 11 is 2.44. The highest BCUT2D eigenvalue weighted by Gasteiger charge is 2.14. The third-order valence-electron chi connectivity index (χ3n) is 2.33. The van der Waals surface area contributed by atoms with E-state index in [1.807, 2.05) is 0 Å². The van der Waals surface area contributed by atoms with Crippen LogP contribution in [0.1, 0.15) is 12.0 Å². The second-order valence-electron chi connectivity index (χ2n) is 3.19. The summed E-state index contributed by atoms with van der Waals surface area (Å²) in [5, 5.41) is 3.54. The molecule has 0 bridgehead atoms. The highest BCUT2D eigenvalue weighted by atomic mass is 127. The number of aryl methyl sites for hydroxylation is 1. The van der Waals surface area contributed by atoms with Crippen LogP contribution in [-0.4, -0.2) is 10.5 Å². The monoisotopic (exact) mass is 273 g/mol. The van der Waals surface area contributed by atoms with E-state index >= 15 is 0 Å². The van der Waals surface area contributed by atoms with Crippen molar-refractivity contribution in [3.8, 4) is 0 Å². The van der Waals surface area contributed by atoms with Crippen molar-refractivity contribution >= 4 is 28.3 Å².